The first kappa shape index (κ1) is 9.69. The van der Waals surface area contributed by atoms with Crippen LogP contribution in [0.4, 0.5) is 0 Å². The molecule has 2 aromatic rings. The summed E-state index contributed by atoms with van der Waals surface area (Å²) in [4.78, 5) is 0.981. The van der Waals surface area contributed by atoms with Crippen LogP contribution in [-0.4, -0.2) is 4.57 Å². The zero-order valence-electron chi connectivity index (χ0n) is 7.74. The van der Waals surface area contributed by atoms with Gasteiger partial charge >= 0.3 is 0 Å². The lowest BCUT2D eigenvalue weighted by atomic mass is 10.1. The maximum absolute atomic E-state index is 5.83. The van der Waals surface area contributed by atoms with Gasteiger partial charge < -0.3 is 4.57 Å². The molecular formula is C11H10ClNS. The molecule has 1 aromatic heterocycles. The van der Waals surface area contributed by atoms with Gasteiger partial charge in [-0.2, -0.15) is 0 Å². The minimum Gasteiger partial charge on any atom is -0.350 e. The van der Waals surface area contributed by atoms with Crippen LogP contribution >= 0.6 is 24.2 Å². The fourth-order valence-corrected chi connectivity index (χ4v) is 1.96. The molecule has 3 heteroatoms. The van der Waals surface area contributed by atoms with E-state index >= 15 is 0 Å². The van der Waals surface area contributed by atoms with Crippen LogP contribution in [-0.2, 0) is 7.05 Å². The molecule has 0 unspecified atom stereocenters. The summed E-state index contributed by atoms with van der Waals surface area (Å²) in [6.07, 6.45) is 1.99. The Bertz CT molecular complexity index is 425. The van der Waals surface area contributed by atoms with E-state index in [0.717, 1.165) is 21.2 Å². The summed E-state index contributed by atoms with van der Waals surface area (Å²) >= 11 is 10.2. The molecule has 0 fully saturated rings. The normalized spacial score (nSPS) is 10.5. The molecule has 0 amide bonds. The summed E-state index contributed by atoms with van der Waals surface area (Å²) in [5.41, 5.74) is 2.25. The second kappa shape index (κ2) is 3.71. The molecule has 1 aromatic carbocycles. The minimum atomic E-state index is 0.753. The number of hydrogen-bond donors (Lipinski definition) is 1. The molecule has 0 aliphatic carbocycles. The van der Waals surface area contributed by atoms with Crippen molar-refractivity contribution in [3.63, 3.8) is 0 Å². The van der Waals surface area contributed by atoms with Crippen molar-refractivity contribution in [2.45, 2.75) is 4.90 Å². The molecule has 0 atom stereocenters. The second-order valence-corrected chi connectivity index (χ2v) is 4.09. The third-order valence-corrected chi connectivity index (χ3v) is 2.78. The molecule has 2 rings (SSSR count). The second-order valence-electron chi connectivity index (χ2n) is 3.17. The van der Waals surface area contributed by atoms with Crippen molar-refractivity contribution in [1.29, 1.82) is 0 Å². The first-order valence-electron chi connectivity index (χ1n) is 4.28. The Morgan fingerprint density at radius 1 is 1.14 bits per heavy atom. The predicted molar refractivity (Wildman–Crippen MR) is 63.1 cm³/mol. The van der Waals surface area contributed by atoms with E-state index in [1.807, 2.05) is 48.1 Å². The van der Waals surface area contributed by atoms with Crippen molar-refractivity contribution in [2.24, 2.45) is 7.05 Å². The molecule has 0 N–H and O–H groups in total. The zero-order chi connectivity index (χ0) is 10.1. The van der Waals surface area contributed by atoms with Gasteiger partial charge in [-0.25, -0.2) is 0 Å². The first-order chi connectivity index (χ1) is 6.68. The van der Waals surface area contributed by atoms with Crippen molar-refractivity contribution in [1.82, 2.24) is 4.57 Å². The number of hydrogen-bond acceptors (Lipinski definition) is 1. The fourth-order valence-electron chi connectivity index (χ4n) is 1.48. The molecule has 0 aliphatic rings. The Hall–Kier alpha value is -0.860. The van der Waals surface area contributed by atoms with E-state index in [2.05, 4.69) is 12.6 Å². The number of rotatable bonds is 1. The van der Waals surface area contributed by atoms with E-state index in [1.54, 1.807) is 0 Å². The molecule has 0 aliphatic heterocycles. The van der Waals surface area contributed by atoms with E-state index in [1.165, 1.54) is 0 Å². The third-order valence-electron chi connectivity index (χ3n) is 2.17. The van der Waals surface area contributed by atoms with Gasteiger partial charge in [0.1, 0.15) is 0 Å². The Kier molecular flexibility index (Phi) is 2.57. The van der Waals surface area contributed by atoms with Crippen molar-refractivity contribution in [3.05, 3.63) is 41.6 Å². The largest absolute Gasteiger partial charge is 0.350 e. The minimum absolute atomic E-state index is 0.753. The highest BCUT2D eigenvalue weighted by Gasteiger charge is 2.05. The molecule has 0 bridgehead atoms. The summed E-state index contributed by atoms with van der Waals surface area (Å²) in [6, 6.07) is 9.75. The van der Waals surface area contributed by atoms with E-state index in [4.69, 9.17) is 11.6 Å². The Balaban J connectivity index is 2.54. The molecule has 0 spiro atoms. The van der Waals surface area contributed by atoms with Gasteiger partial charge in [-0.3, -0.25) is 0 Å². The molecule has 1 nitrogen and oxygen atoms in total. The van der Waals surface area contributed by atoms with Gasteiger partial charge in [0, 0.05) is 23.2 Å². The van der Waals surface area contributed by atoms with Gasteiger partial charge in [-0.15, -0.1) is 12.6 Å². The Morgan fingerprint density at radius 2 is 1.79 bits per heavy atom. The van der Waals surface area contributed by atoms with Gasteiger partial charge in [-0.05, 0) is 23.8 Å². The third kappa shape index (κ3) is 1.68. The first-order valence-corrected chi connectivity index (χ1v) is 5.11. The van der Waals surface area contributed by atoms with Crippen LogP contribution in [0.1, 0.15) is 0 Å². The van der Waals surface area contributed by atoms with Crippen LogP contribution in [0.5, 0.6) is 0 Å². The number of aromatic nitrogens is 1. The monoisotopic (exact) mass is 223 g/mol. The molecule has 0 radical (unpaired) electrons. The lowest BCUT2D eigenvalue weighted by Crippen LogP contribution is -1.89. The number of aryl methyl sites for hydroxylation is 1. The molecule has 1 heterocycles. The lowest BCUT2D eigenvalue weighted by Gasteiger charge is -2.04. The van der Waals surface area contributed by atoms with Gasteiger partial charge in [0.2, 0.25) is 0 Å². The average molecular weight is 224 g/mol. The highest BCUT2D eigenvalue weighted by Crippen LogP contribution is 2.27. The number of nitrogens with zero attached hydrogens (tertiary/aromatic N) is 1. The summed E-state index contributed by atoms with van der Waals surface area (Å²) in [5.74, 6) is 0. The van der Waals surface area contributed by atoms with E-state index in [9.17, 15) is 0 Å². The maximum Gasteiger partial charge on any atom is 0.0613 e. The van der Waals surface area contributed by atoms with Crippen molar-refractivity contribution >= 4 is 24.2 Å². The predicted octanol–water partition coefficient (Wildman–Crippen LogP) is 3.63. The van der Waals surface area contributed by atoms with E-state index in [-0.39, 0.29) is 0 Å². The Labute approximate surface area is 93.7 Å². The number of benzene rings is 1. The topological polar surface area (TPSA) is 4.93 Å². The van der Waals surface area contributed by atoms with Crippen molar-refractivity contribution in [2.75, 3.05) is 0 Å². The van der Waals surface area contributed by atoms with E-state index < -0.39 is 0 Å². The van der Waals surface area contributed by atoms with Crippen LogP contribution in [0, 0.1) is 0 Å². The van der Waals surface area contributed by atoms with Gasteiger partial charge in [0.05, 0.1) is 5.69 Å². The highest BCUT2D eigenvalue weighted by molar-refractivity contribution is 7.80. The lowest BCUT2D eigenvalue weighted by molar-refractivity contribution is 0.931. The van der Waals surface area contributed by atoms with Gasteiger partial charge in [0.25, 0.3) is 0 Å². The average Bonchev–Trinajstić information content (AvgIpc) is 2.49. The number of thiol groups is 1. The molecule has 0 saturated carbocycles. The molecular weight excluding hydrogens is 214 g/mol. The van der Waals surface area contributed by atoms with Crippen LogP contribution in [0.15, 0.2) is 41.4 Å². The summed E-state index contributed by atoms with van der Waals surface area (Å²) < 4.78 is 2.05. The molecule has 14 heavy (non-hydrogen) atoms. The Morgan fingerprint density at radius 3 is 2.29 bits per heavy atom. The van der Waals surface area contributed by atoms with E-state index in [0.29, 0.717) is 0 Å². The maximum atomic E-state index is 5.83. The molecule has 0 saturated heterocycles. The summed E-state index contributed by atoms with van der Waals surface area (Å²) in [5, 5.41) is 0.753. The smallest absolute Gasteiger partial charge is 0.0613 e. The van der Waals surface area contributed by atoms with Crippen molar-refractivity contribution < 1.29 is 0 Å². The zero-order valence-corrected chi connectivity index (χ0v) is 9.39. The summed E-state index contributed by atoms with van der Waals surface area (Å²) in [7, 11) is 2.00. The standard InChI is InChI=1S/C11H10ClNS/c1-13-7-6-10(14)11(13)8-2-4-9(12)5-3-8/h2-7,14H,1H3. The number of halogens is 1. The van der Waals surface area contributed by atoms with Crippen LogP contribution < -0.4 is 0 Å². The molecule has 72 valence electrons. The van der Waals surface area contributed by atoms with Crippen molar-refractivity contribution in [3.8, 4) is 11.3 Å². The SMILES string of the molecule is Cn1ccc(S)c1-c1ccc(Cl)cc1. The van der Waals surface area contributed by atoms with Gasteiger partial charge in [0.15, 0.2) is 0 Å². The van der Waals surface area contributed by atoms with Crippen LogP contribution in [0.2, 0.25) is 5.02 Å². The fraction of sp³-hybridized carbons (Fsp3) is 0.0909. The van der Waals surface area contributed by atoms with Crippen LogP contribution in [0.3, 0.4) is 0 Å². The highest BCUT2D eigenvalue weighted by atomic mass is 35.5. The quantitative estimate of drug-likeness (QED) is 0.705. The van der Waals surface area contributed by atoms with Gasteiger partial charge in [-0.1, -0.05) is 23.7 Å². The summed E-state index contributed by atoms with van der Waals surface area (Å²) in [6.45, 7) is 0. The van der Waals surface area contributed by atoms with Crippen LogP contribution in [0.25, 0.3) is 11.3 Å².